The molecule has 1 fully saturated rings. The first-order valence-corrected chi connectivity index (χ1v) is 34.4. The number of aryl methyl sites for hydroxylation is 5. The third kappa shape index (κ3) is 42.0. The molecule has 86 heavy (non-hydrogen) atoms. The maximum Gasteiger partial charge on any atom is 0.258 e. The number of fused-ring (bicyclic) bond motifs is 1. The normalized spacial score (nSPS) is 12.6. The number of hydrogen-bond donors (Lipinski definition) is 1. The first kappa shape index (κ1) is 87.5. The Hall–Kier alpha value is -4.92. The van der Waals surface area contributed by atoms with Gasteiger partial charge in [0.25, 0.3) is 5.91 Å². The highest BCUT2D eigenvalue weighted by molar-refractivity contribution is 6.04. The molecule has 1 amide bonds. The number of ketones is 2. The van der Waals surface area contributed by atoms with Crippen molar-refractivity contribution in [1.82, 2.24) is 14.5 Å². The van der Waals surface area contributed by atoms with Gasteiger partial charge in [-0.1, -0.05) is 238 Å². The maximum absolute atomic E-state index is 13.3. The predicted molar refractivity (Wildman–Crippen MR) is 378 cm³/mol. The summed E-state index contributed by atoms with van der Waals surface area (Å²) in [5.74, 6) is 3.59. The van der Waals surface area contributed by atoms with Crippen molar-refractivity contribution >= 4 is 40.0 Å². The summed E-state index contributed by atoms with van der Waals surface area (Å²) in [5, 5.41) is 2.99. The van der Waals surface area contributed by atoms with Crippen LogP contribution < -0.4 is 5.32 Å². The molecule has 4 aromatic rings. The van der Waals surface area contributed by atoms with E-state index in [1.54, 1.807) is 20.1 Å². The van der Waals surface area contributed by atoms with Gasteiger partial charge in [0.15, 0.2) is 0 Å². The number of nitrogens with zero attached hydrogens (tertiary/aromatic N) is 3. The van der Waals surface area contributed by atoms with Crippen molar-refractivity contribution in [2.45, 2.75) is 313 Å². The van der Waals surface area contributed by atoms with Crippen molar-refractivity contribution in [3.8, 4) is 0 Å². The van der Waals surface area contributed by atoms with Gasteiger partial charge in [-0.25, -0.2) is 9.37 Å². The molecule has 0 radical (unpaired) electrons. The number of halogens is 1. The molecule has 1 saturated carbocycles. The Bertz CT molecular complexity index is 2350. The second-order valence-electron chi connectivity index (χ2n) is 23.3. The van der Waals surface area contributed by atoms with Crippen LogP contribution >= 0.6 is 0 Å². The summed E-state index contributed by atoms with van der Waals surface area (Å²) in [6, 6.07) is 14.7. The van der Waals surface area contributed by atoms with Crippen LogP contribution in [0, 0.1) is 51.3 Å². The number of hydrogen-bond acceptors (Lipinski definition) is 6. The molecule has 3 atom stereocenters. The summed E-state index contributed by atoms with van der Waals surface area (Å²) in [7, 11) is 3.61. The summed E-state index contributed by atoms with van der Waals surface area (Å²) >= 11 is 0. The fraction of sp³-hybridized carbons (Fsp3) is 0.675. The fourth-order valence-corrected chi connectivity index (χ4v) is 9.02. The molecule has 5 rings (SSSR count). The molecule has 0 spiro atoms. The zero-order valence-electron chi connectivity index (χ0n) is 60.7. The van der Waals surface area contributed by atoms with Gasteiger partial charge in [-0.3, -0.25) is 19.9 Å². The lowest BCUT2D eigenvalue weighted by Crippen LogP contribution is -2.16. The molecule has 9 heteroatoms. The number of amides is 1. The van der Waals surface area contributed by atoms with Gasteiger partial charge in [0.2, 0.25) is 5.95 Å². The number of methoxy groups -OCH3 is 1. The van der Waals surface area contributed by atoms with Crippen LogP contribution in [0.4, 0.5) is 10.3 Å². The van der Waals surface area contributed by atoms with Gasteiger partial charge in [0.1, 0.15) is 23.1 Å². The number of aromatic nitrogens is 3. The molecule has 2 heterocycles. The predicted octanol–water partition coefficient (Wildman–Crippen LogP) is 24.6. The zero-order chi connectivity index (χ0) is 66.6. The van der Waals surface area contributed by atoms with E-state index < -0.39 is 0 Å². The molecule has 0 saturated heterocycles. The largest absolute Gasteiger partial charge is 0.500 e. The van der Waals surface area contributed by atoms with Crippen LogP contribution in [-0.2, 0) is 21.4 Å². The molecule has 2 aromatic carbocycles. The van der Waals surface area contributed by atoms with E-state index in [0.717, 1.165) is 100.0 Å². The average molecular weight is 1200 g/mol. The van der Waals surface area contributed by atoms with Gasteiger partial charge >= 0.3 is 0 Å². The highest BCUT2D eigenvalue weighted by Gasteiger charge is 2.20. The van der Waals surface area contributed by atoms with Crippen molar-refractivity contribution < 1.29 is 23.5 Å². The SMILES string of the molecule is C1CCCC1.CC.CC.CCC(C)C(=O)CCCC(C)=O.CCC/C(OC)=C(\C(C)=C(\C)CC)c1cc(C(=O)Nc2nc3ccc(C)cc3n2C)cc(C)n1.CCCC.CCCCC(C)CC.CCCCCC(C)CCC.Cc1cc(C)cc(F)c1. The Balaban J connectivity index is -0.000000528. The first-order chi connectivity index (χ1) is 41.0. The summed E-state index contributed by atoms with van der Waals surface area (Å²) in [4.78, 5) is 44.5. The zero-order valence-corrected chi connectivity index (χ0v) is 60.7. The summed E-state index contributed by atoms with van der Waals surface area (Å²) in [5.41, 5.74) is 10.4. The fourth-order valence-electron chi connectivity index (χ4n) is 9.02. The van der Waals surface area contributed by atoms with Crippen LogP contribution in [0.25, 0.3) is 16.6 Å². The van der Waals surface area contributed by atoms with E-state index in [-0.39, 0.29) is 23.4 Å². The van der Waals surface area contributed by atoms with Gasteiger partial charge in [0, 0.05) is 49.1 Å². The van der Waals surface area contributed by atoms with Gasteiger partial charge < -0.3 is 14.1 Å². The van der Waals surface area contributed by atoms with Crippen LogP contribution in [0.1, 0.15) is 324 Å². The minimum absolute atomic E-state index is 0.146. The molecule has 2 aromatic heterocycles. The van der Waals surface area contributed by atoms with Crippen molar-refractivity contribution in [2.24, 2.45) is 24.8 Å². The number of rotatable bonds is 25. The number of allylic oxidation sites excluding steroid dienone is 4. The molecule has 1 N–H and O–H groups in total. The van der Waals surface area contributed by atoms with Crippen LogP contribution in [0.15, 0.2) is 65.4 Å². The number of imidazole rings is 1. The number of unbranched alkanes of at least 4 members (excludes halogenated alkanes) is 4. The van der Waals surface area contributed by atoms with E-state index >= 15 is 0 Å². The Kier molecular flexibility index (Phi) is 57.6. The number of carbonyl (C=O) groups excluding carboxylic acids is 3. The lowest BCUT2D eigenvalue weighted by molar-refractivity contribution is -0.122. The number of anilines is 1. The van der Waals surface area contributed by atoms with Crippen molar-refractivity contribution in [1.29, 1.82) is 0 Å². The van der Waals surface area contributed by atoms with E-state index in [4.69, 9.17) is 9.72 Å². The average Bonchev–Trinajstić information content (AvgIpc) is 2.37. The topological polar surface area (TPSA) is 103 Å². The monoisotopic (exact) mass is 1200 g/mol. The van der Waals surface area contributed by atoms with E-state index in [2.05, 4.69) is 99.5 Å². The molecule has 8 nitrogen and oxygen atoms in total. The van der Waals surface area contributed by atoms with Crippen LogP contribution in [-0.4, -0.2) is 39.1 Å². The van der Waals surface area contributed by atoms with E-state index in [9.17, 15) is 18.8 Å². The van der Waals surface area contributed by atoms with Crippen molar-refractivity contribution in [3.63, 3.8) is 0 Å². The smallest absolute Gasteiger partial charge is 0.258 e. The third-order valence-corrected chi connectivity index (χ3v) is 15.2. The molecule has 0 bridgehead atoms. The lowest BCUT2D eigenvalue weighted by Gasteiger charge is -2.18. The number of nitrogens with one attached hydrogen (secondary N) is 1. The molecule has 1 aliphatic rings. The second-order valence-corrected chi connectivity index (χ2v) is 23.3. The van der Waals surface area contributed by atoms with Crippen LogP contribution in [0.5, 0.6) is 0 Å². The third-order valence-electron chi connectivity index (χ3n) is 15.2. The summed E-state index contributed by atoms with van der Waals surface area (Å²) in [6.07, 6.45) is 29.5. The standard InChI is InChI=1S/C28H36N4O2.C10H18O2.C10H22.C8H9F.C8H18.C5H10.C4H10.2C2H6/c1-9-11-25(34-8)26(20(6)18(4)10-2)23-16-21(15-19(5)29-23)27(33)31-28-30-22-13-12-17(3)14-24(22)32(28)7;1-4-8(2)10(12)7-5-6-9(3)11;1-4-6-7-9-10(3)8-5-2;1-6-3-7(2)5-8(9)4-6;1-4-6-7-8(3)5-2;1-2-4-5-3-1;1-3-4-2;2*1-2/h12-16H,9-11H2,1-8H3,(H,30,31,33);8H,4-7H2,1-3H3;10H,4-9H2,1-3H3;3-5H,1-2H3;8H,4-7H2,1-3H3;1-5H2;3-4H2,1-2H3;2*1-2H3/b20-18-,26-25-;;;;;;;;. The Morgan fingerprint density at radius 2 is 1.16 bits per heavy atom. The van der Waals surface area contributed by atoms with Gasteiger partial charge in [-0.2, -0.15) is 0 Å². The quantitative estimate of drug-likeness (QED) is 0.0403. The molecular weight excluding hydrogens is 1060 g/mol. The van der Waals surface area contributed by atoms with E-state index in [0.29, 0.717) is 30.1 Å². The number of ether oxygens (including phenoxy) is 1. The van der Waals surface area contributed by atoms with Crippen LogP contribution in [0.2, 0.25) is 0 Å². The van der Waals surface area contributed by atoms with Gasteiger partial charge in [-0.05, 0) is 145 Å². The minimum atomic E-state index is -0.218. The molecule has 0 aliphatic heterocycles. The highest BCUT2D eigenvalue weighted by atomic mass is 19.1. The number of carbonyl (C=O) groups is 3. The van der Waals surface area contributed by atoms with Crippen LogP contribution in [0.3, 0.4) is 0 Å². The van der Waals surface area contributed by atoms with E-state index in [1.807, 2.05) is 105 Å². The number of Topliss-reactive ketones (excluding diaryl/α,β-unsaturated/α-hetero) is 2. The Morgan fingerprint density at radius 3 is 1.62 bits per heavy atom. The Morgan fingerprint density at radius 1 is 0.605 bits per heavy atom. The van der Waals surface area contributed by atoms with Crippen molar-refractivity contribution in [3.05, 3.63) is 105 Å². The summed E-state index contributed by atoms with van der Waals surface area (Å²) < 4.78 is 20.1. The molecule has 3 unspecified atom stereocenters. The second kappa shape index (κ2) is 56.6. The Labute approximate surface area is 531 Å². The molecule has 1 aliphatic carbocycles. The minimum Gasteiger partial charge on any atom is -0.500 e. The summed E-state index contributed by atoms with van der Waals surface area (Å²) in [6.45, 7) is 47.9. The highest BCUT2D eigenvalue weighted by Crippen LogP contribution is 2.32. The lowest BCUT2D eigenvalue weighted by atomic mass is 9.94. The first-order valence-electron chi connectivity index (χ1n) is 34.4. The number of benzene rings is 2. The van der Waals surface area contributed by atoms with E-state index in [1.165, 1.54) is 127 Å². The number of pyridine rings is 1. The van der Waals surface area contributed by atoms with Gasteiger partial charge in [0.05, 0.1) is 23.8 Å². The maximum atomic E-state index is 13.3. The van der Waals surface area contributed by atoms with Crippen molar-refractivity contribution in [2.75, 3.05) is 12.4 Å². The van der Waals surface area contributed by atoms with Gasteiger partial charge in [-0.15, -0.1) is 0 Å². The molecule has 494 valence electrons. The molecular formula is C77H135FN4O4.